The second-order valence-electron chi connectivity index (χ2n) is 5.60. The minimum absolute atomic E-state index is 0.0886. The number of hydrogen-bond donors (Lipinski definition) is 0. The van der Waals surface area contributed by atoms with Gasteiger partial charge in [-0.25, -0.2) is 0 Å². The lowest BCUT2D eigenvalue weighted by molar-refractivity contribution is 0.0962. The first-order chi connectivity index (χ1) is 10.3. The van der Waals surface area contributed by atoms with Gasteiger partial charge in [-0.1, -0.05) is 54.6 Å². The number of nitrogens with zero attached hydrogens (tertiary/aromatic N) is 1. The third kappa shape index (κ3) is 2.13. The number of fused-ring (bicyclic) bond motifs is 1. The average Bonchev–Trinajstić information content (AvgIpc) is 3.35. The Morgan fingerprint density at radius 1 is 0.952 bits per heavy atom. The Bertz CT molecular complexity index is 805. The highest BCUT2D eigenvalue weighted by atomic mass is 16.1. The minimum atomic E-state index is 0.0886. The van der Waals surface area contributed by atoms with Crippen molar-refractivity contribution in [1.29, 1.82) is 0 Å². The molecule has 2 atom stereocenters. The SMILES string of the molecule is O=C(c1nccc2ccccc12)C1CC1c1ccccc1. The standard InChI is InChI=1S/C19H15NO/c21-19(17-12-16(17)13-6-2-1-3-7-13)18-15-9-5-4-8-14(15)10-11-20-18/h1-11,16-17H,12H2. The zero-order valence-electron chi connectivity index (χ0n) is 11.6. The first-order valence-electron chi connectivity index (χ1n) is 7.27. The first-order valence-corrected chi connectivity index (χ1v) is 7.27. The molecule has 0 spiro atoms. The van der Waals surface area contributed by atoms with E-state index >= 15 is 0 Å². The van der Waals surface area contributed by atoms with Crippen LogP contribution in [0.1, 0.15) is 28.4 Å². The van der Waals surface area contributed by atoms with Crippen LogP contribution in [0.5, 0.6) is 0 Å². The highest BCUT2D eigenvalue weighted by molar-refractivity contribution is 6.08. The number of ketones is 1. The molecule has 0 saturated heterocycles. The number of hydrogen-bond acceptors (Lipinski definition) is 2. The molecule has 0 amide bonds. The first kappa shape index (κ1) is 12.3. The van der Waals surface area contributed by atoms with Gasteiger partial charge in [-0.15, -0.1) is 0 Å². The molecule has 2 unspecified atom stereocenters. The van der Waals surface area contributed by atoms with Gasteiger partial charge in [-0.3, -0.25) is 9.78 Å². The second kappa shape index (κ2) is 4.81. The number of pyridine rings is 1. The van der Waals surface area contributed by atoms with Crippen LogP contribution < -0.4 is 0 Å². The molecule has 0 N–H and O–H groups in total. The van der Waals surface area contributed by atoms with Crippen LogP contribution in [0.25, 0.3) is 10.8 Å². The summed E-state index contributed by atoms with van der Waals surface area (Å²) in [5.74, 6) is 0.630. The largest absolute Gasteiger partial charge is 0.292 e. The summed E-state index contributed by atoms with van der Waals surface area (Å²) in [6, 6.07) is 20.2. The molecule has 1 heterocycles. The van der Waals surface area contributed by atoms with Gasteiger partial charge in [0.2, 0.25) is 0 Å². The van der Waals surface area contributed by atoms with E-state index in [4.69, 9.17) is 0 Å². The van der Waals surface area contributed by atoms with Crippen molar-refractivity contribution in [3.8, 4) is 0 Å². The molecule has 3 aromatic rings. The zero-order chi connectivity index (χ0) is 14.2. The Kier molecular flexibility index (Phi) is 2.81. The van der Waals surface area contributed by atoms with Crippen molar-refractivity contribution in [3.63, 3.8) is 0 Å². The fraction of sp³-hybridized carbons (Fsp3) is 0.158. The van der Waals surface area contributed by atoms with E-state index in [9.17, 15) is 4.79 Å². The lowest BCUT2D eigenvalue weighted by Crippen LogP contribution is -2.06. The van der Waals surface area contributed by atoms with Crippen molar-refractivity contribution in [3.05, 3.63) is 78.1 Å². The Hall–Kier alpha value is -2.48. The summed E-state index contributed by atoms with van der Waals surface area (Å²) in [6.45, 7) is 0. The summed E-state index contributed by atoms with van der Waals surface area (Å²) in [4.78, 5) is 17.1. The monoisotopic (exact) mass is 273 g/mol. The Labute approximate surface area is 123 Å². The molecule has 1 saturated carbocycles. The summed E-state index contributed by atoms with van der Waals surface area (Å²) in [7, 11) is 0. The molecule has 1 aliphatic rings. The molecule has 21 heavy (non-hydrogen) atoms. The third-order valence-electron chi connectivity index (χ3n) is 4.26. The van der Waals surface area contributed by atoms with Crippen LogP contribution in [0.15, 0.2) is 66.9 Å². The van der Waals surface area contributed by atoms with Crippen LogP contribution in [-0.4, -0.2) is 10.8 Å². The fourth-order valence-electron chi connectivity index (χ4n) is 3.04. The Balaban J connectivity index is 1.67. The predicted molar refractivity (Wildman–Crippen MR) is 83.4 cm³/mol. The second-order valence-corrected chi connectivity index (χ2v) is 5.60. The van der Waals surface area contributed by atoms with Crippen molar-refractivity contribution >= 4 is 16.6 Å². The molecule has 1 aliphatic carbocycles. The smallest absolute Gasteiger partial charge is 0.185 e. The summed E-state index contributed by atoms with van der Waals surface area (Å²) in [6.07, 6.45) is 2.67. The van der Waals surface area contributed by atoms with Gasteiger partial charge in [0.15, 0.2) is 5.78 Å². The average molecular weight is 273 g/mol. The Morgan fingerprint density at radius 2 is 1.71 bits per heavy atom. The molecule has 1 aromatic heterocycles. The van der Waals surface area contributed by atoms with E-state index in [-0.39, 0.29) is 11.7 Å². The minimum Gasteiger partial charge on any atom is -0.292 e. The van der Waals surface area contributed by atoms with Gasteiger partial charge in [0.25, 0.3) is 0 Å². The lowest BCUT2D eigenvalue weighted by atomic mass is 10.0. The summed E-state index contributed by atoms with van der Waals surface area (Å²) in [5, 5.41) is 2.04. The molecule has 102 valence electrons. The van der Waals surface area contributed by atoms with E-state index in [0.717, 1.165) is 17.2 Å². The summed E-state index contributed by atoms with van der Waals surface area (Å²) < 4.78 is 0. The zero-order valence-corrected chi connectivity index (χ0v) is 11.6. The molecule has 2 nitrogen and oxygen atoms in total. The van der Waals surface area contributed by atoms with Crippen molar-refractivity contribution in [2.45, 2.75) is 12.3 Å². The molecular formula is C19H15NO. The van der Waals surface area contributed by atoms with Gasteiger partial charge >= 0.3 is 0 Å². The lowest BCUT2D eigenvalue weighted by Gasteiger charge is -2.04. The molecule has 0 aliphatic heterocycles. The maximum absolute atomic E-state index is 12.7. The quantitative estimate of drug-likeness (QED) is 0.669. The van der Waals surface area contributed by atoms with Gasteiger partial charge in [0, 0.05) is 17.5 Å². The van der Waals surface area contributed by atoms with Gasteiger partial charge < -0.3 is 0 Å². The Morgan fingerprint density at radius 3 is 2.57 bits per heavy atom. The van der Waals surface area contributed by atoms with Crippen LogP contribution in [0, 0.1) is 5.92 Å². The van der Waals surface area contributed by atoms with E-state index in [1.807, 2.05) is 48.5 Å². The maximum Gasteiger partial charge on any atom is 0.185 e. The molecule has 4 rings (SSSR count). The van der Waals surface area contributed by atoms with Crippen LogP contribution in [0.4, 0.5) is 0 Å². The molecule has 0 radical (unpaired) electrons. The van der Waals surface area contributed by atoms with Crippen LogP contribution in [-0.2, 0) is 0 Å². The van der Waals surface area contributed by atoms with Crippen molar-refractivity contribution in [2.75, 3.05) is 0 Å². The highest BCUT2D eigenvalue weighted by Crippen LogP contribution is 2.49. The van der Waals surface area contributed by atoms with Crippen molar-refractivity contribution in [1.82, 2.24) is 4.98 Å². The van der Waals surface area contributed by atoms with Crippen LogP contribution in [0.2, 0.25) is 0 Å². The number of aromatic nitrogens is 1. The van der Waals surface area contributed by atoms with E-state index in [1.54, 1.807) is 6.20 Å². The van der Waals surface area contributed by atoms with Gasteiger partial charge in [-0.05, 0) is 29.4 Å². The molecule has 2 aromatic carbocycles. The summed E-state index contributed by atoms with van der Waals surface area (Å²) in [5.41, 5.74) is 1.88. The van der Waals surface area contributed by atoms with E-state index in [0.29, 0.717) is 11.6 Å². The molecular weight excluding hydrogens is 258 g/mol. The fourth-order valence-corrected chi connectivity index (χ4v) is 3.04. The van der Waals surface area contributed by atoms with Gasteiger partial charge in [-0.2, -0.15) is 0 Å². The number of carbonyl (C=O) groups excluding carboxylic acids is 1. The maximum atomic E-state index is 12.7. The molecule has 0 bridgehead atoms. The highest BCUT2D eigenvalue weighted by Gasteiger charge is 2.44. The van der Waals surface area contributed by atoms with Crippen molar-refractivity contribution < 1.29 is 4.79 Å². The number of carbonyl (C=O) groups is 1. The van der Waals surface area contributed by atoms with Crippen LogP contribution >= 0.6 is 0 Å². The normalized spacial score (nSPS) is 20.4. The molecule has 1 fully saturated rings. The van der Waals surface area contributed by atoms with Gasteiger partial charge in [0.1, 0.15) is 5.69 Å². The van der Waals surface area contributed by atoms with Crippen LogP contribution in [0.3, 0.4) is 0 Å². The van der Waals surface area contributed by atoms with E-state index in [2.05, 4.69) is 17.1 Å². The van der Waals surface area contributed by atoms with E-state index in [1.165, 1.54) is 5.56 Å². The van der Waals surface area contributed by atoms with Crippen molar-refractivity contribution in [2.24, 2.45) is 5.92 Å². The predicted octanol–water partition coefficient (Wildman–Crippen LogP) is 4.22. The topological polar surface area (TPSA) is 30.0 Å². The summed E-state index contributed by atoms with van der Waals surface area (Å²) >= 11 is 0. The number of Topliss-reactive ketones (excluding diaryl/α,β-unsaturated/α-hetero) is 1. The van der Waals surface area contributed by atoms with Gasteiger partial charge in [0.05, 0.1) is 0 Å². The van der Waals surface area contributed by atoms with E-state index < -0.39 is 0 Å². The molecule has 2 heteroatoms. The number of benzene rings is 2. The third-order valence-corrected chi connectivity index (χ3v) is 4.26. The number of rotatable bonds is 3.